The number of amides is 4. The highest BCUT2D eigenvalue weighted by Crippen LogP contribution is 2.48. The minimum Gasteiger partial charge on any atom is -0.455 e. The molecule has 0 aliphatic heterocycles. The molecule has 2 aromatic rings. The molecular weight excluding hydrogens is 813 g/mol. The summed E-state index contributed by atoms with van der Waals surface area (Å²) in [7, 11) is 0. The number of rotatable bonds is 12. The first-order valence-corrected chi connectivity index (χ1v) is 18.0. The number of halogens is 8. The van der Waals surface area contributed by atoms with Crippen molar-refractivity contribution < 1.29 is 50.5 Å². The lowest BCUT2D eigenvalue weighted by Crippen LogP contribution is -2.58. The van der Waals surface area contributed by atoms with Crippen molar-refractivity contribution in [1.82, 2.24) is 20.4 Å². The molecule has 0 saturated carbocycles. The number of allylic oxidation sites excluding steroid dienone is 2. The zero-order chi connectivity index (χ0) is 42.7. The normalized spacial score (nSPS) is 22.2. The third-order valence-corrected chi connectivity index (χ3v) is 10.4. The monoisotopic (exact) mass is 848 g/mol. The van der Waals surface area contributed by atoms with E-state index in [1.165, 1.54) is 9.80 Å². The first kappa shape index (κ1) is 44.4. The van der Waals surface area contributed by atoms with Gasteiger partial charge in [0.15, 0.2) is 0 Å². The lowest BCUT2D eigenvalue weighted by atomic mass is 9.77. The molecular formula is C36H36Cl2F6N6O7. The molecule has 0 aromatic heterocycles. The maximum atomic E-state index is 14.4. The van der Waals surface area contributed by atoms with Crippen LogP contribution < -0.4 is 10.6 Å². The van der Waals surface area contributed by atoms with Crippen molar-refractivity contribution in [2.75, 3.05) is 26.2 Å². The summed E-state index contributed by atoms with van der Waals surface area (Å²) in [5.41, 5.74) is -10.4. The van der Waals surface area contributed by atoms with Gasteiger partial charge in [-0.2, -0.15) is 26.3 Å². The van der Waals surface area contributed by atoms with Crippen molar-refractivity contribution in [3.63, 3.8) is 0 Å². The summed E-state index contributed by atoms with van der Waals surface area (Å²) in [6, 6.07) is 1.09. The SMILES string of the molecule is CCN(CC)C(=O)NC1C(Cl)=C(OC2=C(Cl)C(NC(=O)N(CC)CC)C(c3ccccc3C(F)(F)F)([N+](=O)[O-])C=C2)C=CC1(c1ccccc1C(F)(F)F)[N+](=O)[O-]. The van der Waals surface area contributed by atoms with Crippen LogP contribution >= 0.6 is 23.2 Å². The first-order valence-electron chi connectivity index (χ1n) is 17.3. The molecule has 2 aliphatic rings. The highest BCUT2D eigenvalue weighted by molar-refractivity contribution is 6.31. The van der Waals surface area contributed by atoms with Crippen molar-refractivity contribution >= 4 is 35.3 Å². The summed E-state index contributed by atoms with van der Waals surface area (Å²) in [6.07, 6.45) is -7.13. The largest absolute Gasteiger partial charge is 0.455 e. The Morgan fingerprint density at radius 3 is 1.28 bits per heavy atom. The van der Waals surface area contributed by atoms with Gasteiger partial charge in [-0.1, -0.05) is 59.6 Å². The average molecular weight is 850 g/mol. The third-order valence-electron chi connectivity index (χ3n) is 9.62. The second kappa shape index (κ2) is 17.1. The minimum absolute atomic E-state index is 0.0732. The molecule has 21 heteroatoms. The Bertz CT molecular complexity index is 1890. The summed E-state index contributed by atoms with van der Waals surface area (Å²) in [6.45, 7) is 6.60. The van der Waals surface area contributed by atoms with E-state index < -0.39 is 101 Å². The molecule has 4 atom stereocenters. The van der Waals surface area contributed by atoms with Crippen LogP contribution in [0.3, 0.4) is 0 Å². The molecule has 2 aromatic carbocycles. The molecule has 308 valence electrons. The summed E-state index contributed by atoms with van der Waals surface area (Å²) < 4.78 is 92.1. The summed E-state index contributed by atoms with van der Waals surface area (Å²) >= 11 is 13.5. The summed E-state index contributed by atoms with van der Waals surface area (Å²) in [4.78, 5) is 53.1. The predicted molar refractivity (Wildman–Crippen MR) is 196 cm³/mol. The van der Waals surface area contributed by atoms with Crippen LogP contribution in [-0.4, -0.2) is 70.0 Å². The molecule has 13 nitrogen and oxygen atoms in total. The molecule has 0 saturated heterocycles. The van der Waals surface area contributed by atoms with E-state index in [2.05, 4.69) is 10.6 Å². The lowest BCUT2D eigenvalue weighted by Gasteiger charge is -2.38. The number of ether oxygens (including phenoxy) is 1. The number of urea groups is 2. The Balaban J connectivity index is 1.97. The van der Waals surface area contributed by atoms with Crippen LogP contribution in [0.1, 0.15) is 49.9 Å². The van der Waals surface area contributed by atoms with Crippen LogP contribution in [0.4, 0.5) is 35.9 Å². The molecule has 2 aliphatic carbocycles. The van der Waals surface area contributed by atoms with E-state index in [9.17, 15) is 56.2 Å². The standard InChI is InChI=1S/C36H36Cl2F6N6O7/c1-5-47(6-2)31(51)45-29-27(37)25(17-19-33(29,49(53)54)21-13-9-11-15-23(21)35(39,40)41)57-26-18-20-34(50(55)56,22-14-10-12-16-24(22)36(42,43)44)30(28(26)38)46-32(52)48(7-3)8-4/h9-20,29-30H,5-8H2,1-4H3,(H,45,51)(H,46,52). The number of nitro groups is 2. The average Bonchev–Trinajstić information content (AvgIpc) is 3.15. The quantitative estimate of drug-likeness (QED) is 0.124. The van der Waals surface area contributed by atoms with Gasteiger partial charge >= 0.3 is 24.4 Å². The maximum Gasteiger partial charge on any atom is 0.416 e. The second-order valence-electron chi connectivity index (χ2n) is 12.6. The van der Waals surface area contributed by atoms with Gasteiger partial charge in [0, 0.05) is 59.3 Å². The van der Waals surface area contributed by atoms with E-state index in [0.29, 0.717) is 24.3 Å². The van der Waals surface area contributed by atoms with Crippen LogP contribution in [0.25, 0.3) is 0 Å². The van der Waals surface area contributed by atoms with Gasteiger partial charge in [-0.05, 0) is 52.0 Å². The highest BCUT2D eigenvalue weighted by atomic mass is 35.5. The summed E-state index contributed by atoms with van der Waals surface area (Å²) in [5.74, 6) is -1.11. The maximum absolute atomic E-state index is 14.4. The molecule has 57 heavy (non-hydrogen) atoms. The molecule has 0 radical (unpaired) electrons. The minimum atomic E-state index is -5.11. The molecule has 0 heterocycles. The fourth-order valence-corrected chi connectivity index (χ4v) is 7.33. The third kappa shape index (κ3) is 8.25. The number of carbonyl (C=O) groups is 2. The van der Waals surface area contributed by atoms with Gasteiger partial charge in [0.25, 0.3) is 11.1 Å². The van der Waals surface area contributed by atoms with E-state index in [4.69, 9.17) is 27.9 Å². The van der Waals surface area contributed by atoms with Gasteiger partial charge in [-0.3, -0.25) is 20.2 Å². The fraction of sp³-hybridized carbons (Fsp3) is 0.389. The van der Waals surface area contributed by atoms with E-state index in [0.717, 1.165) is 48.6 Å². The summed E-state index contributed by atoms with van der Waals surface area (Å²) in [5, 5.41) is 29.3. The number of carbonyl (C=O) groups excluding carboxylic acids is 2. The number of hydrogen-bond acceptors (Lipinski definition) is 7. The molecule has 2 N–H and O–H groups in total. The van der Waals surface area contributed by atoms with Crippen molar-refractivity contribution in [2.24, 2.45) is 0 Å². The molecule has 0 spiro atoms. The lowest BCUT2D eigenvalue weighted by molar-refractivity contribution is -0.567. The van der Waals surface area contributed by atoms with Crippen LogP contribution in [-0.2, 0) is 28.2 Å². The van der Waals surface area contributed by atoms with Gasteiger partial charge in [0.05, 0.1) is 21.2 Å². The smallest absolute Gasteiger partial charge is 0.416 e. The molecule has 4 unspecified atom stereocenters. The van der Waals surface area contributed by atoms with Crippen LogP contribution in [0, 0.1) is 20.2 Å². The Morgan fingerprint density at radius 2 is 1.00 bits per heavy atom. The Morgan fingerprint density at radius 1 is 0.684 bits per heavy atom. The van der Waals surface area contributed by atoms with E-state index in [-0.39, 0.29) is 26.2 Å². The first-order chi connectivity index (χ1) is 26.7. The van der Waals surface area contributed by atoms with Crippen molar-refractivity contribution in [3.05, 3.63) is 137 Å². The van der Waals surface area contributed by atoms with E-state index in [1.54, 1.807) is 27.7 Å². The number of nitrogens with zero attached hydrogens (tertiary/aromatic N) is 4. The van der Waals surface area contributed by atoms with Gasteiger partial charge in [0.2, 0.25) is 0 Å². The molecule has 4 rings (SSSR count). The molecule has 0 fully saturated rings. The highest BCUT2D eigenvalue weighted by Gasteiger charge is 2.60. The van der Waals surface area contributed by atoms with Gasteiger partial charge < -0.3 is 25.2 Å². The topological polar surface area (TPSA) is 160 Å². The van der Waals surface area contributed by atoms with Gasteiger partial charge in [0.1, 0.15) is 23.6 Å². The van der Waals surface area contributed by atoms with Crippen LogP contribution in [0.2, 0.25) is 0 Å². The van der Waals surface area contributed by atoms with Gasteiger partial charge in [-0.25, -0.2) is 9.59 Å². The van der Waals surface area contributed by atoms with Crippen molar-refractivity contribution in [2.45, 2.75) is 63.2 Å². The fourth-order valence-electron chi connectivity index (χ4n) is 6.69. The van der Waals surface area contributed by atoms with E-state index >= 15 is 0 Å². The van der Waals surface area contributed by atoms with Crippen LogP contribution in [0.5, 0.6) is 0 Å². The second-order valence-corrected chi connectivity index (χ2v) is 13.4. The predicted octanol–water partition coefficient (Wildman–Crippen LogP) is 8.27. The zero-order valence-corrected chi connectivity index (χ0v) is 32.1. The Hall–Kier alpha value is -5.30. The van der Waals surface area contributed by atoms with Crippen molar-refractivity contribution in [3.8, 4) is 0 Å². The van der Waals surface area contributed by atoms with Crippen LogP contribution in [0.15, 0.2) is 94.4 Å². The van der Waals surface area contributed by atoms with E-state index in [1.807, 2.05) is 0 Å². The molecule has 4 amide bonds. The number of benzene rings is 2. The zero-order valence-electron chi connectivity index (χ0n) is 30.6. The van der Waals surface area contributed by atoms with Crippen molar-refractivity contribution in [1.29, 1.82) is 0 Å². The number of hydrogen-bond donors (Lipinski definition) is 2. The Kier molecular flexibility index (Phi) is 13.3. The van der Waals surface area contributed by atoms with Gasteiger partial charge in [-0.15, -0.1) is 0 Å². The number of alkyl halides is 6. The Labute approximate surface area is 331 Å². The molecule has 0 bridgehead atoms. The number of nitrogens with one attached hydrogen (secondary N) is 2.